The lowest BCUT2D eigenvalue weighted by molar-refractivity contribution is -0.115. The molecule has 2 aromatic carbocycles. The molecule has 0 bridgehead atoms. The van der Waals surface area contributed by atoms with Crippen LogP contribution in [0.1, 0.15) is 16.8 Å². The standard InChI is InChI=1S/C25H29ClN4O2S/c1-17-12-22(23(32-3)14-21(17)26)28-24(31)13-20-16-33-25(27-20)19-6-4-18(5-7-19)15-30-10-8-29(2)9-11-30/h4-7,12,14,16H,8-11,13,15H2,1-3H3,(H,28,31). The zero-order chi connectivity index (χ0) is 23.4. The first-order valence-electron chi connectivity index (χ1n) is 11.0. The second-order valence-electron chi connectivity index (χ2n) is 8.45. The number of likely N-dealkylation sites (N-methyl/N-ethyl adjacent to an activating group) is 1. The van der Waals surface area contributed by atoms with Gasteiger partial charge in [0.25, 0.3) is 0 Å². The lowest BCUT2D eigenvalue weighted by Gasteiger charge is -2.32. The Bertz CT molecular complexity index is 1110. The third-order valence-corrected chi connectivity index (χ3v) is 7.20. The van der Waals surface area contributed by atoms with Gasteiger partial charge in [0.15, 0.2) is 0 Å². The fourth-order valence-corrected chi connectivity index (χ4v) is 4.81. The molecule has 1 amide bonds. The third-order valence-electron chi connectivity index (χ3n) is 5.85. The number of thiazole rings is 1. The zero-order valence-electron chi connectivity index (χ0n) is 19.2. The summed E-state index contributed by atoms with van der Waals surface area (Å²) >= 11 is 7.71. The van der Waals surface area contributed by atoms with E-state index in [9.17, 15) is 4.79 Å². The smallest absolute Gasteiger partial charge is 0.230 e. The van der Waals surface area contributed by atoms with Gasteiger partial charge in [-0.15, -0.1) is 11.3 Å². The molecular formula is C25H29ClN4O2S. The van der Waals surface area contributed by atoms with E-state index in [2.05, 4.69) is 51.4 Å². The maximum absolute atomic E-state index is 12.6. The van der Waals surface area contributed by atoms with Crippen LogP contribution in [0.2, 0.25) is 5.02 Å². The molecule has 1 aromatic heterocycles. The number of carbonyl (C=O) groups is 1. The highest BCUT2D eigenvalue weighted by molar-refractivity contribution is 7.13. The Hall–Kier alpha value is -2.45. The molecule has 33 heavy (non-hydrogen) atoms. The summed E-state index contributed by atoms with van der Waals surface area (Å²) < 4.78 is 5.34. The first-order valence-corrected chi connectivity index (χ1v) is 12.3. The fourth-order valence-electron chi connectivity index (χ4n) is 3.83. The monoisotopic (exact) mass is 484 g/mol. The number of aromatic nitrogens is 1. The van der Waals surface area contributed by atoms with E-state index in [4.69, 9.17) is 16.3 Å². The Labute approximate surface area is 204 Å². The maximum atomic E-state index is 12.6. The molecule has 8 heteroatoms. The number of carbonyl (C=O) groups excluding carboxylic acids is 1. The minimum atomic E-state index is -0.144. The van der Waals surface area contributed by atoms with Crippen LogP contribution in [0.25, 0.3) is 10.6 Å². The fraction of sp³-hybridized carbons (Fsp3) is 0.360. The van der Waals surface area contributed by atoms with Crippen molar-refractivity contribution in [3.63, 3.8) is 0 Å². The molecule has 1 saturated heterocycles. The van der Waals surface area contributed by atoms with Crippen molar-refractivity contribution in [2.24, 2.45) is 0 Å². The predicted octanol–water partition coefficient (Wildman–Crippen LogP) is 4.71. The van der Waals surface area contributed by atoms with E-state index >= 15 is 0 Å². The number of benzene rings is 2. The highest BCUT2D eigenvalue weighted by atomic mass is 35.5. The Balaban J connectivity index is 1.36. The van der Waals surface area contributed by atoms with Gasteiger partial charge in [-0.1, -0.05) is 35.9 Å². The number of amides is 1. The van der Waals surface area contributed by atoms with E-state index in [1.807, 2.05) is 18.4 Å². The first kappa shape index (κ1) is 23.7. The van der Waals surface area contributed by atoms with Gasteiger partial charge in [0.05, 0.1) is 24.9 Å². The first-order chi connectivity index (χ1) is 15.9. The summed E-state index contributed by atoms with van der Waals surface area (Å²) in [6.45, 7) is 7.33. The quantitative estimate of drug-likeness (QED) is 0.526. The number of anilines is 1. The number of ether oxygens (including phenoxy) is 1. The van der Waals surface area contributed by atoms with Gasteiger partial charge in [-0.05, 0) is 31.2 Å². The number of nitrogens with zero attached hydrogens (tertiary/aromatic N) is 3. The van der Waals surface area contributed by atoms with Gasteiger partial charge in [0, 0.05) is 54.8 Å². The molecule has 0 saturated carbocycles. The molecule has 4 rings (SSSR count). The van der Waals surface area contributed by atoms with Crippen LogP contribution in [0.4, 0.5) is 5.69 Å². The molecule has 174 valence electrons. The number of nitrogens with one attached hydrogen (secondary N) is 1. The van der Waals surface area contributed by atoms with Crippen molar-refractivity contribution in [1.29, 1.82) is 0 Å². The Morgan fingerprint density at radius 1 is 1.18 bits per heavy atom. The van der Waals surface area contributed by atoms with Crippen molar-refractivity contribution in [3.8, 4) is 16.3 Å². The van der Waals surface area contributed by atoms with Crippen LogP contribution in [0.15, 0.2) is 41.8 Å². The summed E-state index contributed by atoms with van der Waals surface area (Å²) in [5, 5.41) is 6.37. The minimum absolute atomic E-state index is 0.144. The van der Waals surface area contributed by atoms with Crippen molar-refractivity contribution in [2.75, 3.05) is 45.7 Å². The summed E-state index contributed by atoms with van der Waals surface area (Å²) in [6.07, 6.45) is 0.197. The summed E-state index contributed by atoms with van der Waals surface area (Å²) in [5.41, 5.74) is 4.62. The number of aryl methyl sites for hydroxylation is 1. The summed E-state index contributed by atoms with van der Waals surface area (Å²) in [5.74, 6) is 0.393. The van der Waals surface area contributed by atoms with Gasteiger partial charge < -0.3 is 15.0 Å². The normalized spacial score (nSPS) is 14.9. The molecule has 6 nitrogen and oxygen atoms in total. The number of piperazine rings is 1. The van der Waals surface area contributed by atoms with Gasteiger partial charge in [-0.2, -0.15) is 0 Å². The molecule has 1 fully saturated rings. The SMILES string of the molecule is COc1cc(Cl)c(C)cc1NC(=O)Cc1csc(-c2ccc(CN3CCN(C)CC3)cc2)n1. The molecular weight excluding hydrogens is 456 g/mol. The number of hydrogen-bond acceptors (Lipinski definition) is 6. The second kappa shape index (κ2) is 10.7. The average Bonchev–Trinajstić information content (AvgIpc) is 3.26. The van der Waals surface area contributed by atoms with Crippen molar-refractivity contribution in [3.05, 3.63) is 63.6 Å². The largest absolute Gasteiger partial charge is 0.495 e. The number of methoxy groups -OCH3 is 1. The van der Waals surface area contributed by atoms with Crippen molar-refractivity contribution in [1.82, 2.24) is 14.8 Å². The predicted molar refractivity (Wildman–Crippen MR) is 135 cm³/mol. The van der Waals surface area contributed by atoms with E-state index in [1.165, 1.54) is 5.56 Å². The van der Waals surface area contributed by atoms with E-state index in [0.29, 0.717) is 16.5 Å². The van der Waals surface area contributed by atoms with Crippen molar-refractivity contribution >= 4 is 34.5 Å². The Morgan fingerprint density at radius 2 is 1.91 bits per heavy atom. The van der Waals surface area contributed by atoms with Crippen molar-refractivity contribution < 1.29 is 9.53 Å². The van der Waals surface area contributed by atoms with Crippen LogP contribution in [0.3, 0.4) is 0 Å². The molecule has 1 N–H and O–H groups in total. The molecule has 0 atom stereocenters. The van der Waals surface area contributed by atoms with Gasteiger partial charge in [-0.25, -0.2) is 4.98 Å². The van der Waals surface area contributed by atoms with Crippen LogP contribution >= 0.6 is 22.9 Å². The van der Waals surface area contributed by atoms with Gasteiger partial charge in [0.2, 0.25) is 5.91 Å². The van der Waals surface area contributed by atoms with Crippen LogP contribution in [0.5, 0.6) is 5.75 Å². The lowest BCUT2D eigenvalue weighted by Crippen LogP contribution is -2.43. The van der Waals surface area contributed by atoms with Gasteiger partial charge in [-0.3, -0.25) is 9.69 Å². The minimum Gasteiger partial charge on any atom is -0.495 e. The van der Waals surface area contributed by atoms with E-state index in [-0.39, 0.29) is 12.3 Å². The molecule has 3 aromatic rings. The zero-order valence-corrected chi connectivity index (χ0v) is 20.8. The molecule has 0 radical (unpaired) electrons. The molecule has 0 unspecified atom stereocenters. The van der Waals surface area contributed by atoms with Crippen LogP contribution in [-0.2, 0) is 17.8 Å². The van der Waals surface area contributed by atoms with Crippen LogP contribution < -0.4 is 10.1 Å². The van der Waals surface area contributed by atoms with E-state index in [1.54, 1.807) is 24.5 Å². The summed E-state index contributed by atoms with van der Waals surface area (Å²) in [7, 11) is 3.73. The van der Waals surface area contributed by atoms with Crippen LogP contribution in [0, 0.1) is 6.92 Å². The molecule has 0 aliphatic carbocycles. The Kier molecular flexibility index (Phi) is 7.65. The lowest BCUT2D eigenvalue weighted by atomic mass is 10.1. The summed E-state index contributed by atoms with van der Waals surface area (Å²) in [4.78, 5) is 22.1. The van der Waals surface area contributed by atoms with Crippen LogP contribution in [-0.4, -0.2) is 61.0 Å². The molecule has 1 aliphatic rings. The molecule has 1 aliphatic heterocycles. The average molecular weight is 485 g/mol. The maximum Gasteiger partial charge on any atom is 0.230 e. The molecule has 2 heterocycles. The topological polar surface area (TPSA) is 57.7 Å². The number of rotatable bonds is 7. The Morgan fingerprint density at radius 3 is 2.61 bits per heavy atom. The van der Waals surface area contributed by atoms with Gasteiger partial charge in [0.1, 0.15) is 10.8 Å². The summed E-state index contributed by atoms with van der Waals surface area (Å²) in [6, 6.07) is 12.1. The third kappa shape index (κ3) is 6.12. The highest BCUT2D eigenvalue weighted by Crippen LogP contribution is 2.31. The number of hydrogen-bond donors (Lipinski definition) is 1. The van der Waals surface area contributed by atoms with E-state index < -0.39 is 0 Å². The highest BCUT2D eigenvalue weighted by Gasteiger charge is 2.15. The second-order valence-corrected chi connectivity index (χ2v) is 9.71. The van der Waals surface area contributed by atoms with Gasteiger partial charge >= 0.3 is 0 Å². The number of halogens is 1. The van der Waals surface area contributed by atoms with Crippen molar-refractivity contribution in [2.45, 2.75) is 19.9 Å². The molecule has 0 spiro atoms. The van der Waals surface area contributed by atoms with E-state index in [0.717, 1.165) is 54.6 Å².